The van der Waals surface area contributed by atoms with Crippen molar-refractivity contribution in [2.24, 2.45) is 0 Å². The fourth-order valence-corrected chi connectivity index (χ4v) is 2.05. The van der Waals surface area contributed by atoms with Crippen LogP contribution in [-0.4, -0.2) is 22.8 Å². The number of hydrogen-bond acceptors (Lipinski definition) is 4. The molecule has 1 aromatic carbocycles. The van der Waals surface area contributed by atoms with Crippen LogP contribution >= 0.6 is 11.8 Å². The third kappa shape index (κ3) is 3.31. The second-order valence-corrected chi connectivity index (χ2v) is 4.75. The predicted octanol–water partition coefficient (Wildman–Crippen LogP) is 2.98. The molecule has 4 heteroatoms. The molecule has 0 radical (unpaired) electrons. The second-order valence-electron chi connectivity index (χ2n) is 3.87. The summed E-state index contributed by atoms with van der Waals surface area (Å²) in [6, 6.07) is 10.4. The zero-order chi connectivity index (χ0) is 12.8. The Morgan fingerprint density at radius 1 is 1.17 bits per heavy atom. The Morgan fingerprint density at radius 2 is 1.94 bits per heavy atom. The number of rotatable bonds is 5. The molecule has 0 bridgehead atoms. The molecule has 0 aliphatic heterocycles. The van der Waals surface area contributed by atoms with E-state index in [0.717, 1.165) is 23.6 Å². The summed E-state index contributed by atoms with van der Waals surface area (Å²) >= 11 is 1.74. The maximum atomic E-state index is 4.56. The average molecular weight is 259 g/mol. The van der Waals surface area contributed by atoms with Gasteiger partial charge in [0.1, 0.15) is 5.82 Å². The molecule has 0 aliphatic rings. The molecule has 1 aromatic heterocycles. The van der Waals surface area contributed by atoms with Gasteiger partial charge >= 0.3 is 0 Å². The van der Waals surface area contributed by atoms with Crippen LogP contribution in [0.5, 0.6) is 0 Å². The van der Waals surface area contributed by atoms with E-state index in [4.69, 9.17) is 0 Å². The minimum Gasteiger partial charge on any atom is -0.310 e. The Labute approximate surface area is 112 Å². The zero-order valence-corrected chi connectivity index (χ0v) is 11.5. The van der Waals surface area contributed by atoms with Crippen LogP contribution in [0.25, 0.3) is 11.3 Å². The van der Waals surface area contributed by atoms with Crippen molar-refractivity contribution in [3.8, 4) is 11.3 Å². The predicted molar refractivity (Wildman–Crippen MR) is 76.6 cm³/mol. The summed E-state index contributed by atoms with van der Waals surface area (Å²) in [6.45, 7) is 3.72. The lowest BCUT2D eigenvalue weighted by atomic mass is 10.1. The molecule has 0 amide bonds. The molecule has 0 saturated heterocycles. The molecule has 2 rings (SSSR count). The molecule has 2 aromatic rings. The number of aromatic nitrogens is 2. The summed E-state index contributed by atoms with van der Waals surface area (Å²) in [6.07, 6.45) is 3.89. The molecule has 0 atom stereocenters. The van der Waals surface area contributed by atoms with Gasteiger partial charge in [-0.15, -0.1) is 11.8 Å². The van der Waals surface area contributed by atoms with Gasteiger partial charge in [-0.1, -0.05) is 19.1 Å². The van der Waals surface area contributed by atoms with Crippen LogP contribution in [0, 0.1) is 0 Å². The van der Waals surface area contributed by atoms with Gasteiger partial charge in [-0.25, -0.2) is 9.97 Å². The molecule has 3 nitrogen and oxygen atoms in total. The molecule has 0 fully saturated rings. The first kappa shape index (κ1) is 13.1. The van der Waals surface area contributed by atoms with Gasteiger partial charge < -0.3 is 5.32 Å². The summed E-state index contributed by atoms with van der Waals surface area (Å²) < 4.78 is 0. The van der Waals surface area contributed by atoms with Crippen molar-refractivity contribution < 1.29 is 0 Å². The van der Waals surface area contributed by atoms with Crippen LogP contribution in [-0.2, 0) is 6.54 Å². The lowest BCUT2D eigenvalue weighted by Crippen LogP contribution is -2.14. The Morgan fingerprint density at radius 3 is 2.61 bits per heavy atom. The summed E-state index contributed by atoms with van der Waals surface area (Å²) in [5.74, 6) is 0.836. The first-order valence-electron chi connectivity index (χ1n) is 6.00. The highest BCUT2D eigenvalue weighted by Crippen LogP contribution is 2.21. The Balaban J connectivity index is 2.20. The standard InChI is InChI=1S/C14H17N3S/c1-3-15-10-14-16-9-8-13(17-14)11-4-6-12(18-2)7-5-11/h4-9,15H,3,10H2,1-2H3. The third-order valence-electron chi connectivity index (χ3n) is 2.62. The highest BCUT2D eigenvalue weighted by molar-refractivity contribution is 7.98. The van der Waals surface area contributed by atoms with Gasteiger partial charge in [-0.2, -0.15) is 0 Å². The highest BCUT2D eigenvalue weighted by atomic mass is 32.2. The van der Waals surface area contributed by atoms with Crippen molar-refractivity contribution in [2.75, 3.05) is 12.8 Å². The van der Waals surface area contributed by atoms with Gasteiger partial charge in [0.15, 0.2) is 0 Å². The fourth-order valence-electron chi connectivity index (χ4n) is 1.64. The van der Waals surface area contributed by atoms with Crippen LogP contribution in [0.4, 0.5) is 0 Å². The van der Waals surface area contributed by atoms with Gasteiger partial charge in [0.25, 0.3) is 0 Å². The quantitative estimate of drug-likeness (QED) is 0.838. The van der Waals surface area contributed by atoms with Crippen LogP contribution in [0.2, 0.25) is 0 Å². The molecule has 1 N–H and O–H groups in total. The zero-order valence-electron chi connectivity index (χ0n) is 10.7. The monoisotopic (exact) mass is 259 g/mol. The van der Waals surface area contributed by atoms with Crippen molar-refractivity contribution in [1.82, 2.24) is 15.3 Å². The van der Waals surface area contributed by atoms with Crippen molar-refractivity contribution in [1.29, 1.82) is 0 Å². The number of nitrogens with zero attached hydrogens (tertiary/aromatic N) is 2. The minimum atomic E-state index is 0.716. The minimum absolute atomic E-state index is 0.716. The molecule has 0 saturated carbocycles. The van der Waals surface area contributed by atoms with Gasteiger partial charge in [-0.3, -0.25) is 0 Å². The number of nitrogens with one attached hydrogen (secondary N) is 1. The fraction of sp³-hybridized carbons (Fsp3) is 0.286. The number of benzene rings is 1. The average Bonchev–Trinajstić information content (AvgIpc) is 2.45. The molecule has 0 unspecified atom stereocenters. The first-order chi connectivity index (χ1) is 8.83. The number of hydrogen-bond donors (Lipinski definition) is 1. The second kappa shape index (κ2) is 6.52. The highest BCUT2D eigenvalue weighted by Gasteiger charge is 2.02. The van der Waals surface area contributed by atoms with Gasteiger partial charge in [0.2, 0.25) is 0 Å². The van der Waals surface area contributed by atoms with Gasteiger partial charge in [0.05, 0.1) is 12.2 Å². The van der Waals surface area contributed by atoms with Crippen molar-refractivity contribution in [2.45, 2.75) is 18.4 Å². The topological polar surface area (TPSA) is 37.8 Å². The van der Waals surface area contributed by atoms with E-state index < -0.39 is 0 Å². The van der Waals surface area contributed by atoms with E-state index >= 15 is 0 Å². The van der Waals surface area contributed by atoms with Crippen molar-refractivity contribution in [3.63, 3.8) is 0 Å². The molecule has 18 heavy (non-hydrogen) atoms. The van der Waals surface area contributed by atoms with Crippen LogP contribution < -0.4 is 5.32 Å². The van der Waals surface area contributed by atoms with E-state index in [1.807, 2.05) is 12.3 Å². The van der Waals surface area contributed by atoms with Crippen LogP contribution in [0.15, 0.2) is 41.4 Å². The molecular weight excluding hydrogens is 242 g/mol. The summed E-state index contributed by atoms with van der Waals surface area (Å²) in [5, 5.41) is 3.23. The van der Waals surface area contributed by atoms with E-state index in [1.165, 1.54) is 4.90 Å². The van der Waals surface area contributed by atoms with Gasteiger partial charge in [0, 0.05) is 16.7 Å². The summed E-state index contributed by atoms with van der Waals surface area (Å²) in [4.78, 5) is 10.1. The number of thioether (sulfide) groups is 1. The Kier molecular flexibility index (Phi) is 4.73. The summed E-state index contributed by atoms with van der Waals surface area (Å²) in [7, 11) is 0. The first-order valence-corrected chi connectivity index (χ1v) is 7.23. The van der Waals surface area contributed by atoms with Crippen LogP contribution in [0.1, 0.15) is 12.7 Å². The summed E-state index contributed by atoms with van der Waals surface area (Å²) in [5.41, 5.74) is 2.11. The molecule has 0 spiro atoms. The Hall–Kier alpha value is -1.39. The van der Waals surface area contributed by atoms with E-state index in [1.54, 1.807) is 11.8 Å². The van der Waals surface area contributed by atoms with Gasteiger partial charge in [-0.05, 0) is 31.0 Å². The van der Waals surface area contributed by atoms with Crippen LogP contribution in [0.3, 0.4) is 0 Å². The molecule has 0 aliphatic carbocycles. The maximum absolute atomic E-state index is 4.56. The van der Waals surface area contributed by atoms with E-state index in [-0.39, 0.29) is 0 Å². The van der Waals surface area contributed by atoms with E-state index in [9.17, 15) is 0 Å². The lowest BCUT2D eigenvalue weighted by molar-refractivity contribution is 0.691. The Bertz CT molecular complexity index is 497. The van der Waals surface area contributed by atoms with E-state index in [0.29, 0.717) is 6.54 Å². The largest absolute Gasteiger partial charge is 0.310 e. The van der Waals surface area contributed by atoms with E-state index in [2.05, 4.69) is 52.7 Å². The molecule has 1 heterocycles. The normalized spacial score (nSPS) is 10.6. The lowest BCUT2D eigenvalue weighted by Gasteiger charge is -2.05. The smallest absolute Gasteiger partial charge is 0.142 e. The molecule has 94 valence electrons. The maximum Gasteiger partial charge on any atom is 0.142 e. The third-order valence-corrected chi connectivity index (χ3v) is 3.37. The SMILES string of the molecule is CCNCc1nccc(-c2ccc(SC)cc2)n1. The molecular formula is C14H17N3S. The van der Waals surface area contributed by atoms with Crippen molar-refractivity contribution >= 4 is 11.8 Å². The van der Waals surface area contributed by atoms with Crippen molar-refractivity contribution in [3.05, 3.63) is 42.4 Å².